The molecule has 30 heavy (non-hydrogen) atoms. The number of nitrogens with zero attached hydrogens (tertiary/aromatic N) is 1. The molecule has 6 heteroatoms. The summed E-state index contributed by atoms with van der Waals surface area (Å²) in [4.78, 5) is 16.3. The molecule has 1 amide bonds. The Balaban J connectivity index is 1.71. The Morgan fingerprint density at radius 2 is 1.80 bits per heavy atom. The average molecular weight is 425 g/mol. The third-order valence-electron chi connectivity index (χ3n) is 5.48. The maximum Gasteiger partial charge on any atom is 0.291 e. The zero-order valence-electron chi connectivity index (χ0n) is 17.7. The van der Waals surface area contributed by atoms with E-state index in [2.05, 4.69) is 61.3 Å². The average Bonchev–Trinajstić information content (AvgIpc) is 3.40. The summed E-state index contributed by atoms with van der Waals surface area (Å²) < 4.78 is 10.9. The van der Waals surface area contributed by atoms with Crippen molar-refractivity contribution in [1.82, 2.24) is 4.90 Å². The Kier molecular flexibility index (Phi) is 6.37. The number of aryl methyl sites for hydroxylation is 1. The van der Waals surface area contributed by atoms with E-state index in [9.17, 15) is 4.79 Å². The van der Waals surface area contributed by atoms with Gasteiger partial charge in [-0.05, 0) is 42.2 Å². The Morgan fingerprint density at radius 3 is 2.43 bits per heavy atom. The van der Waals surface area contributed by atoms with Crippen LogP contribution in [0.3, 0.4) is 0 Å². The van der Waals surface area contributed by atoms with Gasteiger partial charge >= 0.3 is 0 Å². The Labute approximate surface area is 181 Å². The first-order valence-electron chi connectivity index (χ1n) is 10.4. The van der Waals surface area contributed by atoms with Gasteiger partial charge in [-0.1, -0.05) is 38.1 Å². The molecule has 1 aliphatic heterocycles. The molecule has 0 aliphatic carbocycles. The minimum absolute atomic E-state index is 0.0620. The molecule has 1 saturated heterocycles. The number of furan rings is 1. The second-order valence-corrected chi connectivity index (χ2v) is 9.20. The summed E-state index contributed by atoms with van der Waals surface area (Å²) in [5.41, 5.74) is 3.68. The van der Waals surface area contributed by atoms with Crippen LogP contribution in [0.25, 0.3) is 0 Å². The van der Waals surface area contributed by atoms with E-state index in [4.69, 9.17) is 9.15 Å². The number of morpholine rings is 1. The Bertz CT molecular complexity index is 971. The van der Waals surface area contributed by atoms with E-state index in [1.807, 2.05) is 0 Å². The van der Waals surface area contributed by atoms with Crippen LogP contribution in [0, 0.1) is 6.92 Å². The summed E-state index contributed by atoms with van der Waals surface area (Å²) in [6, 6.07) is 14.5. The molecule has 158 valence electrons. The number of carbonyl (C=O) groups excluding carboxylic acids is 1. The van der Waals surface area contributed by atoms with Crippen molar-refractivity contribution in [2.24, 2.45) is 0 Å². The molecule has 5 nitrogen and oxygen atoms in total. The van der Waals surface area contributed by atoms with Crippen LogP contribution >= 0.6 is 11.3 Å². The van der Waals surface area contributed by atoms with Crippen LogP contribution in [0.1, 0.15) is 57.9 Å². The van der Waals surface area contributed by atoms with Crippen LogP contribution in [-0.4, -0.2) is 37.1 Å². The summed E-state index contributed by atoms with van der Waals surface area (Å²) in [6.07, 6.45) is 1.52. The quantitative estimate of drug-likeness (QED) is 0.572. The van der Waals surface area contributed by atoms with Gasteiger partial charge in [0.05, 0.1) is 25.5 Å². The third-order valence-corrected chi connectivity index (χ3v) is 6.46. The van der Waals surface area contributed by atoms with Gasteiger partial charge in [-0.25, -0.2) is 0 Å². The van der Waals surface area contributed by atoms with Crippen LogP contribution in [0.4, 0.5) is 5.00 Å². The fourth-order valence-corrected chi connectivity index (χ4v) is 4.83. The van der Waals surface area contributed by atoms with Gasteiger partial charge in [0, 0.05) is 23.5 Å². The molecule has 0 radical (unpaired) electrons. The number of nitrogens with one attached hydrogen (secondary N) is 1. The zero-order valence-corrected chi connectivity index (χ0v) is 18.5. The van der Waals surface area contributed by atoms with E-state index in [1.165, 1.54) is 17.4 Å². The number of hydrogen-bond donors (Lipinski definition) is 1. The second-order valence-electron chi connectivity index (χ2n) is 7.95. The van der Waals surface area contributed by atoms with Crippen LogP contribution in [0.15, 0.2) is 53.1 Å². The molecular weight excluding hydrogens is 396 g/mol. The largest absolute Gasteiger partial charge is 0.459 e. The van der Waals surface area contributed by atoms with Crippen LogP contribution in [-0.2, 0) is 4.74 Å². The fourth-order valence-electron chi connectivity index (χ4n) is 3.89. The molecule has 1 atom stereocenters. The minimum atomic E-state index is -0.223. The van der Waals surface area contributed by atoms with Gasteiger partial charge < -0.3 is 14.5 Å². The normalized spacial score (nSPS) is 16.0. The smallest absolute Gasteiger partial charge is 0.291 e. The van der Waals surface area contributed by atoms with Crippen molar-refractivity contribution in [3.05, 3.63) is 76.1 Å². The number of hydrogen-bond acceptors (Lipinski definition) is 5. The third kappa shape index (κ3) is 4.51. The standard InChI is InChI=1S/C24H28N2O3S/c1-16(2)18-6-8-19(9-7-18)22(26-10-13-28-14-11-26)20-15-17(3)30-24(20)25-23(27)21-5-4-12-29-21/h4-9,12,15-16,22H,10-11,13-14H2,1-3H3,(H,25,27)/t22-/m1/s1. The van der Waals surface area contributed by atoms with E-state index in [0.717, 1.165) is 41.7 Å². The summed E-state index contributed by atoms with van der Waals surface area (Å²) in [5, 5.41) is 3.95. The molecule has 0 saturated carbocycles. The van der Waals surface area contributed by atoms with E-state index < -0.39 is 0 Å². The maximum atomic E-state index is 12.7. The van der Waals surface area contributed by atoms with E-state index in [-0.39, 0.29) is 11.9 Å². The van der Waals surface area contributed by atoms with Crippen LogP contribution < -0.4 is 5.32 Å². The molecule has 2 aromatic heterocycles. The molecule has 0 spiro atoms. The fraction of sp³-hybridized carbons (Fsp3) is 0.375. The Hall–Kier alpha value is -2.41. The van der Waals surface area contributed by atoms with Gasteiger partial charge in [0.1, 0.15) is 5.00 Å². The SMILES string of the molecule is Cc1cc([C@@H](c2ccc(C(C)C)cc2)N2CCOCC2)c(NC(=O)c2ccco2)s1. The number of benzene rings is 1. The van der Waals surface area contributed by atoms with Gasteiger partial charge in [-0.3, -0.25) is 9.69 Å². The monoisotopic (exact) mass is 424 g/mol. The first kappa shape index (κ1) is 20.8. The molecule has 4 rings (SSSR count). The van der Waals surface area contributed by atoms with E-state index >= 15 is 0 Å². The van der Waals surface area contributed by atoms with Crippen molar-refractivity contribution in [3.8, 4) is 0 Å². The Morgan fingerprint density at radius 1 is 1.10 bits per heavy atom. The summed E-state index contributed by atoms with van der Waals surface area (Å²) in [7, 11) is 0. The van der Waals surface area contributed by atoms with E-state index in [0.29, 0.717) is 11.7 Å². The topological polar surface area (TPSA) is 54.7 Å². The van der Waals surface area contributed by atoms with Crippen molar-refractivity contribution in [2.75, 3.05) is 31.6 Å². The number of thiophene rings is 1. The highest BCUT2D eigenvalue weighted by Gasteiger charge is 2.28. The van der Waals surface area contributed by atoms with Crippen LogP contribution in [0.5, 0.6) is 0 Å². The lowest BCUT2D eigenvalue weighted by molar-refractivity contribution is 0.0241. The van der Waals surface area contributed by atoms with Gasteiger partial charge in [0.25, 0.3) is 5.91 Å². The van der Waals surface area contributed by atoms with E-state index in [1.54, 1.807) is 23.5 Å². The molecule has 1 aliphatic rings. The van der Waals surface area contributed by atoms with Gasteiger partial charge in [-0.15, -0.1) is 11.3 Å². The summed E-state index contributed by atoms with van der Waals surface area (Å²) >= 11 is 1.60. The van der Waals surface area contributed by atoms with Gasteiger partial charge in [-0.2, -0.15) is 0 Å². The number of anilines is 1. The molecule has 0 bridgehead atoms. The summed E-state index contributed by atoms with van der Waals surface area (Å²) in [5.74, 6) is 0.586. The van der Waals surface area contributed by atoms with Crippen molar-refractivity contribution in [2.45, 2.75) is 32.7 Å². The predicted octanol–water partition coefficient (Wildman–Crippen LogP) is 5.45. The van der Waals surface area contributed by atoms with Gasteiger partial charge in [0.2, 0.25) is 0 Å². The summed E-state index contributed by atoms with van der Waals surface area (Å²) in [6.45, 7) is 9.65. The number of rotatable bonds is 6. The minimum Gasteiger partial charge on any atom is -0.459 e. The maximum absolute atomic E-state index is 12.7. The lowest BCUT2D eigenvalue weighted by atomic mass is 9.94. The zero-order chi connectivity index (χ0) is 21.1. The second kappa shape index (κ2) is 9.16. The first-order valence-corrected chi connectivity index (χ1v) is 11.2. The van der Waals surface area contributed by atoms with Crippen molar-refractivity contribution in [1.29, 1.82) is 0 Å². The molecule has 0 unspecified atom stereocenters. The van der Waals surface area contributed by atoms with Crippen LogP contribution in [0.2, 0.25) is 0 Å². The number of amides is 1. The molecule has 1 aromatic carbocycles. The lowest BCUT2D eigenvalue weighted by Gasteiger charge is -2.35. The molecule has 3 aromatic rings. The van der Waals surface area contributed by atoms with Crippen molar-refractivity contribution in [3.63, 3.8) is 0 Å². The molecule has 3 heterocycles. The predicted molar refractivity (Wildman–Crippen MR) is 120 cm³/mol. The molecule has 1 fully saturated rings. The van der Waals surface area contributed by atoms with Crippen molar-refractivity contribution >= 4 is 22.2 Å². The van der Waals surface area contributed by atoms with Gasteiger partial charge in [0.15, 0.2) is 5.76 Å². The highest BCUT2D eigenvalue weighted by atomic mass is 32.1. The first-order chi connectivity index (χ1) is 14.5. The highest BCUT2D eigenvalue weighted by molar-refractivity contribution is 7.16. The molecule has 1 N–H and O–H groups in total. The van der Waals surface area contributed by atoms with Crippen molar-refractivity contribution < 1.29 is 13.9 Å². The number of carbonyl (C=O) groups is 1. The highest BCUT2D eigenvalue weighted by Crippen LogP contribution is 2.39. The lowest BCUT2D eigenvalue weighted by Crippen LogP contribution is -2.39. The number of ether oxygens (including phenoxy) is 1. The molecular formula is C24H28N2O3S.